The highest BCUT2D eigenvalue weighted by Crippen LogP contribution is 2.03. The molecule has 7 heteroatoms. The maximum atomic E-state index is 11.4. The number of carbonyl (C=O) groups excluding carboxylic acids is 3. The third-order valence-corrected chi connectivity index (χ3v) is 2.52. The zero-order valence-electron chi connectivity index (χ0n) is 13.1. The first-order chi connectivity index (χ1) is 10.3. The van der Waals surface area contributed by atoms with Crippen LogP contribution >= 0.6 is 0 Å². The Labute approximate surface area is 130 Å². The Morgan fingerprint density at radius 3 is 2.23 bits per heavy atom. The second kappa shape index (κ2) is 11.7. The molecule has 0 heterocycles. The Hall–Kier alpha value is -1.89. The molecular weight excluding hydrogens is 292 g/mol. The molecule has 1 N–H and O–H groups in total. The molecule has 0 rings (SSSR count). The van der Waals surface area contributed by atoms with Crippen molar-refractivity contribution >= 4 is 17.9 Å². The normalized spacial score (nSPS) is 11.4. The third-order valence-electron chi connectivity index (χ3n) is 2.52. The second-order valence-electron chi connectivity index (χ2n) is 4.87. The fourth-order valence-corrected chi connectivity index (χ4v) is 1.37. The van der Waals surface area contributed by atoms with Crippen molar-refractivity contribution in [1.82, 2.24) is 0 Å². The van der Waals surface area contributed by atoms with Crippen LogP contribution in [0.4, 0.5) is 0 Å². The fourth-order valence-electron chi connectivity index (χ4n) is 1.37. The summed E-state index contributed by atoms with van der Waals surface area (Å²) in [7, 11) is 0. The molecule has 0 fully saturated rings. The van der Waals surface area contributed by atoms with Crippen molar-refractivity contribution < 1.29 is 33.7 Å². The van der Waals surface area contributed by atoms with E-state index in [2.05, 4.69) is 6.58 Å². The summed E-state index contributed by atoms with van der Waals surface area (Å²) in [6.45, 7) is 6.11. The number of hydrogen-bond donors (Lipinski definition) is 1. The molecule has 22 heavy (non-hydrogen) atoms. The average Bonchev–Trinajstić information content (AvgIpc) is 2.45. The van der Waals surface area contributed by atoms with Crippen LogP contribution in [0.2, 0.25) is 0 Å². The van der Waals surface area contributed by atoms with Gasteiger partial charge in [0.15, 0.2) is 0 Å². The molecule has 1 atom stereocenters. The van der Waals surface area contributed by atoms with Gasteiger partial charge >= 0.3 is 17.9 Å². The van der Waals surface area contributed by atoms with Crippen LogP contribution in [0.3, 0.4) is 0 Å². The van der Waals surface area contributed by atoms with Crippen LogP contribution in [0.25, 0.3) is 0 Å². The highest BCUT2D eigenvalue weighted by Gasteiger charge is 2.12. The van der Waals surface area contributed by atoms with Crippen LogP contribution in [0.1, 0.15) is 39.5 Å². The van der Waals surface area contributed by atoms with Gasteiger partial charge in [0.2, 0.25) is 0 Å². The van der Waals surface area contributed by atoms with Crippen LogP contribution in [-0.4, -0.2) is 48.9 Å². The van der Waals surface area contributed by atoms with Crippen molar-refractivity contribution in [3.05, 3.63) is 12.2 Å². The molecule has 0 amide bonds. The fraction of sp³-hybridized carbons (Fsp3) is 0.667. The first-order valence-corrected chi connectivity index (χ1v) is 7.12. The maximum Gasteiger partial charge on any atom is 0.333 e. The number of aliphatic hydroxyl groups is 1. The number of carbonyl (C=O) groups is 3. The van der Waals surface area contributed by atoms with Gasteiger partial charge in [0.25, 0.3) is 0 Å². The summed E-state index contributed by atoms with van der Waals surface area (Å²) in [5.74, 6) is -1.35. The number of unbranched alkanes of at least 4 members (excludes halogenated alkanes) is 2. The SMILES string of the molecule is C=C(C)C(=O)OCC(O)COC(=O)CCCCCOC(C)=O. The topological polar surface area (TPSA) is 99.1 Å². The molecule has 0 saturated heterocycles. The largest absolute Gasteiger partial charge is 0.466 e. The van der Waals surface area contributed by atoms with E-state index >= 15 is 0 Å². The molecule has 126 valence electrons. The highest BCUT2D eigenvalue weighted by atomic mass is 16.6. The number of aliphatic hydroxyl groups excluding tert-OH is 1. The van der Waals surface area contributed by atoms with Gasteiger partial charge in [-0.2, -0.15) is 0 Å². The van der Waals surface area contributed by atoms with Gasteiger partial charge in [-0.15, -0.1) is 0 Å². The van der Waals surface area contributed by atoms with Crippen LogP contribution < -0.4 is 0 Å². The predicted octanol–water partition coefficient (Wildman–Crippen LogP) is 1.13. The first kappa shape index (κ1) is 20.1. The summed E-state index contributed by atoms with van der Waals surface area (Å²) in [5, 5.41) is 9.49. The van der Waals surface area contributed by atoms with E-state index in [1.165, 1.54) is 13.8 Å². The Morgan fingerprint density at radius 2 is 1.64 bits per heavy atom. The Morgan fingerprint density at radius 1 is 1.00 bits per heavy atom. The standard InChI is InChI=1S/C15H24O7/c1-11(2)15(19)22-10-13(17)9-21-14(18)7-5-4-6-8-20-12(3)16/h13,17H,1,4-10H2,2-3H3. The number of hydrogen-bond acceptors (Lipinski definition) is 7. The summed E-state index contributed by atoms with van der Waals surface area (Å²) in [4.78, 5) is 33.0. The number of ether oxygens (including phenoxy) is 3. The molecule has 0 saturated carbocycles. The van der Waals surface area contributed by atoms with Crippen LogP contribution in [0.5, 0.6) is 0 Å². The molecule has 7 nitrogen and oxygen atoms in total. The molecule has 0 aliphatic carbocycles. The van der Waals surface area contributed by atoms with E-state index in [4.69, 9.17) is 14.2 Å². The van der Waals surface area contributed by atoms with Gasteiger partial charge in [-0.3, -0.25) is 9.59 Å². The van der Waals surface area contributed by atoms with Gasteiger partial charge in [-0.25, -0.2) is 4.79 Å². The molecule has 0 bridgehead atoms. The summed E-state index contributed by atoms with van der Waals surface area (Å²) >= 11 is 0. The molecular formula is C15H24O7. The van der Waals surface area contributed by atoms with E-state index in [-0.39, 0.29) is 31.2 Å². The zero-order valence-corrected chi connectivity index (χ0v) is 13.1. The van der Waals surface area contributed by atoms with Gasteiger partial charge in [-0.05, 0) is 26.2 Å². The van der Waals surface area contributed by atoms with E-state index in [1.807, 2.05) is 0 Å². The van der Waals surface area contributed by atoms with E-state index in [0.717, 1.165) is 6.42 Å². The van der Waals surface area contributed by atoms with E-state index in [0.29, 0.717) is 19.4 Å². The maximum absolute atomic E-state index is 11.4. The summed E-state index contributed by atoms with van der Waals surface area (Å²) in [6, 6.07) is 0. The average molecular weight is 316 g/mol. The second-order valence-corrected chi connectivity index (χ2v) is 4.87. The molecule has 1 unspecified atom stereocenters. The van der Waals surface area contributed by atoms with Crippen molar-refractivity contribution in [2.75, 3.05) is 19.8 Å². The summed E-state index contributed by atoms with van der Waals surface area (Å²) in [5.41, 5.74) is 0.234. The van der Waals surface area contributed by atoms with Crippen LogP contribution in [0.15, 0.2) is 12.2 Å². The van der Waals surface area contributed by atoms with Crippen molar-refractivity contribution in [1.29, 1.82) is 0 Å². The summed E-state index contributed by atoms with van der Waals surface area (Å²) < 4.78 is 14.3. The minimum absolute atomic E-state index is 0.221. The number of rotatable bonds is 11. The minimum atomic E-state index is -1.06. The lowest BCUT2D eigenvalue weighted by Crippen LogP contribution is -2.25. The zero-order chi connectivity index (χ0) is 17.0. The van der Waals surface area contributed by atoms with Gasteiger partial charge in [0.1, 0.15) is 19.3 Å². The van der Waals surface area contributed by atoms with Crippen molar-refractivity contribution in [3.63, 3.8) is 0 Å². The van der Waals surface area contributed by atoms with Crippen molar-refractivity contribution in [2.45, 2.75) is 45.6 Å². The molecule has 0 aliphatic rings. The Balaban J connectivity index is 3.57. The molecule has 0 spiro atoms. The van der Waals surface area contributed by atoms with Gasteiger partial charge in [-0.1, -0.05) is 6.58 Å². The Bertz CT molecular complexity index is 389. The molecule has 0 aromatic carbocycles. The quantitative estimate of drug-likeness (QED) is 0.264. The molecule has 0 aliphatic heterocycles. The van der Waals surface area contributed by atoms with E-state index in [9.17, 15) is 19.5 Å². The smallest absolute Gasteiger partial charge is 0.333 e. The van der Waals surface area contributed by atoms with Crippen molar-refractivity contribution in [2.24, 2.45) is 0 Å². The molecule has 0 aromatic heterocycles. The third kappa shape index (κ3) is 11.9. The van der Waals surface area contributed by atoms with Crippen LogP contribution in [-0.2, 0) is 28.6 Å². The predicted molar refractivity (Wildman–Crippen MR) is 77.8 cm³/mol. The lowest BCUT2D eigenvalue weighted by Gasteiger charge is -2.12. The van der Waals surface area contributed by atoms with Gasteiger partial charge in [0, 0.05) is 18.9 Å². The monoisotopic (exact) mass is 316 g/mol. The van der Waals surface area contributed by atoms with Gasteiger partial charge < -0.3 is 19.3 Å². The lowest BCUT2D eigenvalue weighted by molar-refractivity contribution is -0.150. The first-order valence-electron chi connectivity index (χ1n) is 7.12. The lowest BCUT2D eigenvalue weighted by atomic mass is 10.2. The van der Waals surface area contributed by atoms with E-state index in [1.54, 1.807) is 0 Å². The van der Waals surface area contributed by atoms with E-state index < -0.39 is 18.0 Å². The molecule has 0 radical (unpaired) electrons. The highest BCUT2D eigenvalue weighted by molar-refractivity contribution is 5.86. The Kier molecular flexibility index (Phi) is 10.7. The molecule has 0 aromatic rings. The van der Waals surface area contributed by atoms with Gasteiger partial charge in [0.05, 0.1) is 6.61 Å². The van der Waals surface area contributed by atoms with Crippen LogP contribution in [0, 0.1) is 0 Å². The summed E-state index contributed by atoms with van der Waals surface area (Å²) in [6.07, 6.45) is 1.20. The number of esters is 3. The van der Waals surface area contributed by atoms with Crippen molar-refractivity contribution in [3.8, 4) is 0 Å². The minimum Gasteiger partial charge on any atom is -0.466 e.